The molecule has 0 fully saturated rings. The summed E-state index contributed by atoms with van der Waals surface area (Å²) >= 11 is 0. The summed E-state index contributed by atoms with van der Waals surface area (Å²) in [5.41, 5.74) is 6.13. The molecule has 1 heterocycles. The van der Waals surface area contributed by atoms with Gasteiger partial charge >= 0.3 is 0 Å². The van der Waals surface area contributed by atoms with Gasteiger partial charge in [0.2, 0.25) is 0 Å². The molecule has 0 aliphatic heterocycles. The average Bonchev–Trinajstić information content (AvgIpc) is 2.99. The van der Waals surface area contributed by atoms with E-state index in [2.05, 4.69) is 113 Å². The second kappa shape index (κ2) is 9.09. The maximum atomic E-state index is 5.10. The largest absolute Gasteiger partial charge is 0.208 e. The lowest BCUT2D eigenvalue weighted by atomic mass is 9.63. The topological polar surface area (TPSA) is 38.7 Å². The minimum atomic E-state index is 0.110. The fraction of sp³-hybridized carbons (Fsp3) is 0.216. The van der Waals surface area contributed by atoms with Crippen molar-refractivity contribution in [3.63, 3.8) is 0 Å². The highest BCUT2D eigenvalue weighted by molar-refractivity contribution is 6.08. The molecule has 0 bridgehead atoms. The highest BCUT2D eigenvalue weighted by atomic mass is 15.0. The van der Waals surface area contributed by atoms with Crippen molar-refractivity contribution >= 4 is 21.5 Å². The zero-order valence-electron chi connectivity index (χ0n) is 23.6. The standard InChI is InChI=1S/C37H33N3/c1-36(2)20-21-37(3,4)32-23-28(18-19-31(32)36)35-39-33(26-11-6-5-7-12-26)38-34(40-35)27-17-16-25-15-14-24-10-8-9-13-29(24)30(25)22-27/h5-19,22-23H,20-21H2,1-4H3. The molecule has 7 rings (SSSR count). The molecule has 196 valence electrons. The zero-order chi connectivity index (χ0) is 27.5. The molecule has 0 atom stereocenters. The predicted octanol–water partition coefficient (Wildman–Crippen LogP) is 9.53. The quantitative estimate of drug-likeness (QED) is 0.219. The fourth-order valence-electron chi connectivity index (χ4n) is 6.22. The van der Waals surface area contributed by atoms with Gasteiger partial charge < -0.3 is 0 Å². The summed E-state index contributed by atoms with van der Waals surface area (Å²) in [6.07, 6.45) is 2.36. The summed E-state index contributed by atoms with van der Waals surface area (Å²) in [6, 6.07) is 36.5. The van der Waals surface area contributed by atoms with Crippen LogP contribution in [-0.4, -0.2) is 15.0 Å². The maximum absolute atomic E-state index is 5.10. The number of fused-ring (bicyclic) bond motifs is 4. The van der Waals surface area contributed by atoms with E-state index in [1.807, 2.05) is 18.2 Å². The van der Waals surface area contributed by atoms with E-state index in [0.29, 0.717) is 17.5 Å². The van der Waals surface area contributed by atoms with Crippen LogP contribution in [0.4, 0.5) is 0 Å². The minimum absolute atomic E-state index is 0.110. The molecule has 1 aliphatic carbocycles. The second-order valence-corrected chi connectivity index (χ2v) is 12.4. The molecule has 0 spiro atoms. The first-order chi connectivity index (χ1) is 19.3. The van der Waals surface area contributed by atoms with Crippen LogP contribution in [0, 0.1) is 0 Å². The molecule has 1 aromatic heterocycles. The van der Waals surface area contributed by atoms with Gasteiger partial charge in [0, 0.05) is 16.7 Å². The summed E-state index contributed by atoms with van der Waals surface area (Å²) in [5.74, 6) is 2.09. The summed E-state index contributed by atoms with van der Waals surface area (Å²) in [7, 11) is 0. The number of rotatable bonds is 3. The van der Waals surface area contributed by atoms with E-state index in [1.165, 1.54) is 45.5 Å². The Morgan fingerprint density at radius 3 is 1.70 bits per heavy atom. The molecule has 1 aliphatic rings. The van der Waals surface area contributed by atoms with E-state index >= 15 is 0 Å². The van der Waals surface area contributed by atoms with Gasteiger partial charge in [-0.2, -0.15) is 0 Å². The Morgan fingerprint density at radius 2 is 0.975 bits per heavy atom. The number of hydrogen-bond acceptors (Lipinski definition) is 3. The molecule has 3 heteroatoms. The van der Waals surface area contributed by atoms with Gasteiger partial charge in [0.25, 0.3) is 0 Å². The summed E-state index contributed by atoms with van der Waals surface area (Å²) in [4.78, 5) is 15.1. The van der Waals surface area contributed by atoms with Crippen molar-refractivity contribution in [1.29, 1.82) is 0 Å². The van der Waals surface area contributed by atoms with E-state index in [9.17, 15) is 0 Å². The first kappa shape index (κ1) is 24.7. The molecule has 3 nitrogen and oxygen atoms in total. The highest BCUT2D eigenvalue weighted by Crippen LogP contribution is 2.46. The third kappa shape index (κ3) is 4.17. The van der Waals surface area contributed by atoms with Crippen molar-refractivity contribution < 1.29 is 0 Å². The lowest BCUT2D eigenvalue weighted by Crippen LogP contribution is -2.33. The van der Waals surface area contributed by atoms with Crippen molar-refractivity contribution in [2.75, 3.05) is 0 Å². The average molecular weight is 520 g/mol. The van der Waals surface area contributed by atoms with Gasteiger partial charge in [-0.15, -0.1) is 0 Å². The van der Waals surface area contributed by atoms with Crippen molar-refractivity contribution in [3.8, 4) is 34.2 Å². The molecular weight excluding hydrogens is 486 g/mol. The van der Waals surface area contributed by atoms with Crippen LogP contribution in [0.3, 0.4) is 0 Å². The molecule has 0 saturated heterocycles. The fourth-order valence-corrected chi connectivity index (χ4v) is 6.22. The van der Waals surface area contributed by atoms with Gasteiger partial charge in [-0.3, -0.25) is 0 Å². The van der Waals surface area contributed by atoms with Crippen LogP contribution in [0.1, 0.15) is 51.7 Å². The molecule has 5 aromatic carbocycles. The van der Waals surface area contributed by atoms with E-state index < -0.39 is 0 Å². The molecular formula is C37H33N3. The van der Waals surface area contributed by atoms with Gasteiger partial charge in [0.15, 0.2) is 17.5 Å². The van der Waals surface area contributed by atoms with Crippen LogP contribution < -0.4 is 0 Å². The van der Waals surface area contributed by atoms with E-state index in [4.69, 9.17) is 15.0 Å². The molecule has 0 radical (unpaired) electrons. The van der Waals surface area contributed by atoms with Crippen LogP contribution in [0.2, 0.25) is 0 Å². The van der Waals surface area contributed by atoms with E-state index in [1.54, 1.807) is 0 Å². The normalized spacial score (nSPS) is 15.7. The number of hydrogen-bond donors (Lipinski definition) is 0. The highest BCUT2D eigenvalue weighted by Gasteiger charge is 2.37. The smallest absolute Gasteiger partial charge is 0.164 e. The zero-order valence-corrected chi connectivity index (χ0v) is 23.6. The van der Waals surface area contributed by atoms with Gasteiger partial charge in [0.1, 0.15) is 0 Å². The molecule has 40 heavy (non-hydrogen) atoms. The minimum Gasteiger partial charge on any atom is -0.208 e. The predicted molar refractivity (Wildman–Crippen MR) is 166 cm³/mol. The van der Waals surface area contributed by atoms with E-state index in [0.717, 1.165) is 16.7 Å². The Hall–Kier alpha value is -4.37. The number of nitrogens with zero attached hydrogens (tertiary/aromatic N) is 3. The Kier molecular flexibility index (Phi) is 5.60. The number of aromatic nitrogens is 3. The third-order valence-electron chi connectivity index (χ3n) is 8.78. The first-order valence-electron chi connectivity index (χ1n) is 14.2. The Morgan fingerprint density at radius 1 is 0.450 bits per heavy atom. The van der Waals surface area contributed by atoms with Crippen molar-refractivity contribution in [3.05, 3.63) is 114 Å². The van der Waals surface area contributed by atoms with Crippen LogP contribution in [0.15, 0.2) is 103 Å². The van der Waals surface area contributed by atoms with Gasteiger partial charge in [-0.25, -0.2) is 15.0 Å². The lowest BCUT2D eigenvalue weighted by molar-refractivity contribution is 0.332. The van der Waals surface area contributed by atoms with Gasteiger partial charge in [-0.1, -0.05) is 119 Å². The molecule has 6 aromatic rings. The van der Waals surface area contributed by atoms with Crippen LogP contribution >= 0.6 is 0 Å². The third-order valence-corrected chi connectivity index (χ3v) is 8.78. The van der Waals surface area contributed by atoms with Gasteiger partial charge in [-0.05, 0) is 68.5 Å². The maximum Gasteiger partial charge on any atom is 0.164 e. The Labute approximate surface area is 236 Å². The lowest BCUT2D eigenvalue weighted by Gasteiger charge is -2.42. The van der Waals surface area contributed by atoms with Crippen LogP contribution in [-0.2, 0) is 10.8 Å². The monoisotopic (exact) mass is 519 g/mol. The summed E-state index contributed by atoms with van der Waals surface area (Å²) in [5, 5.41) is 4.88. The molecule has 0 N–H and O–H groups in total. The Balaban J connectivity index is 1.44. The van der Waals surface area contributed by atoms with Gasteiger partial charge in [0.05, 0.1) is 0 Å². The SMILES string of the molecule is CC1(C)CCC(C)(C)c2cc(-c3nc(-c4ccccc4)nc(-c4ccc5ccc6ccccc6c5c4)n3)ccc21. The van der Waals surface area contributed by atoms with E-state index in [-0.39, 0.29) is 10.8 Å². The molecule has 0 saturated carbocycles. The summed E-state index contributed by atoms with van der Waals surface area (Å²) in [6.45, 7) is 9.44. The first-order valence-corrected chi connectivity index (χ1v) is 14.2. The molecule has 0 amide bonds. The molecule has 0 unspecified atom stereocenters. The Bertz CT molecular complexity index is 1900. The summed E-state index contributed by atoms with van der Waals surface area (Å²) < 4.78 is 0. The van der Waals surface area contributed by atoms with Crippen LogP contribution in [0.25, 0.3) is 55.7 Å². The van der Waals surface area contributed by atoms with Crippen molar-refractivity contribution in [2.45, 2.75) is 51.4 Å². The number of benzene rings is 5. The van der Waals surface area contributed by atoms with Crippen molar-refractivity contribution in [2.24, 2.45) is 0 Å². The van der Waals surface area contributed by atoms with Crippen LogP contribution in [0.5, 0.6) is 0 Å². The second-order valence-electron chi connectivity index (χ2n) is 12.4. The van der Waals surface area contributed by atoms with Crippen molar-refractivity contribution in [1.82, 2.24) is 15.0 Å².